The van der Waals surface area contributed by atoms with E-state index in [0.717, 1.165) is 6.42 Å². The molecular weight excluding hydrogens is 276 g/mol. The molecule has 7 heteroatoms. The first-order chi connectivity index (χ1) is 9.94. The third kappa shape index (κ3) is 4.09. The molecule has 0 saturated carbocycles. The maximum Gasteiger partial charge on any atom is 0.337 e. The summed E-state index contributed by atoms with van der Waals surface area (Å²) < 4.78 is 10.1. The summed E-state index contributed by atoms with van der Waals surface area (Å²) in [6, 6.07) is 2.01. The molecule has 0 saturated heterocycles. The molecule has 0 aliphatic carbocycles. The Hall–Kier alpha value is -2.28. The summed E-state index contributed by atoms with van der Waals surface area (Å²) in [5.41, 5.74) is 5.74. The molecule has 0 aliphatic heterocycles. The van der Waals surface area contributed by atoms with Gasteiger partial charge in [0.2, 0.25) is 5.91 Å². The lowest BCUT2D eigenvalue weighted by Crippen LogP contribution is -2.35. The number of benzene rings is 1. The molecule has 0 heterocycles. The van der Waals surface area contributed by atoms with Gasteiger partial charge in [0, 0.05) is 12.1 Å². The molecule has 21 heavy (non-hydrogen) atoms. The average molecular weight is 296 g/mol. The van der Waals surface area contributed by atoms with Gasteiger partial charge in [-0.1, -0.05) is 13.3 Å². The molecule has 1 atom stereocenters. The van der Waals surface area contributed by atoms with Crippen LogP contribution in [0.1, 0.15) is 30.1 Å². The van der Waals surface area contributed by atoms with Crippen molar-refractivity contribution in [2.24, 2.45) is 5.73 Å². The minimum Gasteiger partial charge on any atom is -0.493 e. The van der Waals surface area contributed by atoms with Gasteiger partial charge in [-0.05, 0) is 6.42 Å². The van der Waals surface area contributed by atoms with Crippen molar-refractivity contribution in [3.05, 3.63) is 17.7 Å². The number of hydrogen-bond acceptors (Lipinski definition) is 5. The first-order valence-electron chi connectivity index (χ1n) is 6.50. The summed E-state index contributed by atoms with van der Waals surface area (Å²) in [7, 11) is 2.83. The van der Waals surface area contributed by atoms with E-state index in [1.54, 1.807) is 0 Å². The Morgan fingerprint density at radius 1 is 1.29 bits per heavy atom. The van der Waals surface area contributed by atoms with E-state index in [1.807, 2.05) is 6.92 Å². The van der Waals surface area contributed by atoms with Crippen LogP contribution in [0.3, 0.4) is 0 Å². The number of nitrogens with one attached hydrogen (secondary N) is 1. The zero-order chi connectivity index (χ0) is 16.0. The highest BCUT2D eigenvalue weighted by Crippen LogP contribution is 2.33. The number of carboxylic acid groups (broad SMARTS) is 1. The van der Waals surface area contributed by atoms with Crippen molar-refractivity contribution >= 4 is 17.6 Å². The molecule has 4 N–H and O–H groups in total. The quantitative estimate of drug-likeness (QED) is 0.702. The fourth-order valence-corrected chi connectivity index (χ4v) is 1.83. The van der Waals surface area contributed by atoms with Gasteiger partial charge in [0.25, 0.3) is 0 Å². The molecule has 0 radical (unpaired) electrons. The molecule has 7 nitrogen and oxygen atoms in total. The number of aromatic carboxylic acids is 1. The molecule has 0 bridgehead atoms. The van der Waals surface area contributed by atoms with Gasteiger partial charge >= 0.3 is 5.97 Å². The van der Waals surface area contributed by atoms with Gasteiger partial charge < -0.3 is 25.6 Å². The van der Waals surface area contributed by atoms with Crippen LogP contribution in [0, 0.1) is 0 Å². The van der Waals surface area contributed by atoms with E-state index >= 15 is 0 Å². The molecule has 0 fully saturated rings. The molecule has 0 unspecified atom stereocenters. The summed E-state index contributed by atoms with van der Waals surface area (Å²) in [6.07, 6.45) is 1.27. The molecule has 0 aliphatic rings. The Kier molecular flexibility index (Phi) is 5.98. The van der Waals surface area contributed by atoms with E-state index in [4.69, 9.17) is 15.2 Å². The lowest BCUT2D eigenvalue weighted by molar-refractivity contribution is -0.117. The van der Waals surface area contributed by atoms with Crippen molar-refractivity contribution in [1.29, 1.82) is 0 Å². The maximum atomic E-state index is 11.9. The monoisotopic (exact) mass is 296 g/mol. The highest BCUT2D eigenvalue weighted by Gasteiger charge is 2.20. The third-order valence-electron chi connectivity index (χ3n) is 2.95. The highest BCUT2D eigenvalue weighted by atomic mass is 16.5. The number of methoxy groups -OCH3 is 2. The molecule has 116 valence electrons. The topological polar surface area (TPSA) is 111 Å². The van der Waals surface area contributed by atoms with Crippen LogP contribution in [0.15, 0.2) is 12.1 Å². The minimum atomic E-state index is -1.18. The van der Waals surface area contributed by atoms with Gasteiger partial charge in [0.1, 0.15) is 0 Å². The zero-order valence-electron chi connectivity index (χ0n) is 12.3. The normalized spacial score (nSPS) is 11.6. The van der Waals surface area contributed by atoms with E-state index in [9.17, 15) is 14.7 Å². The van der Waals surface area contributed by atoms with Crippen LogP contribution in [0.25, 0.3) is 0 Å². The number of carbonyl (C=O) groups is 2. The summed E-state index contributed by atoms with van der Waals surface area (Å²) in [6.45, 7) is 1.91. The average Bonchev–Trinajstić information content (AvgIpc) is 2.46. The van der Waals surface area contributed by atoms with Gasteiger partial charge in [-0.2, -0.15) is 0 Å². The van der Waals surface area contributed by atoms with Crippen molar-refractivity contribution in [2.75, 3.05) is 19.5 Å². The van der Waals surface area contributed by atoms with E-state index in [0.29, 0.717) is 12.2 Å². The molecule has 1 rings (SSSR count). The van der Waals surface area contributed by atoms with E-state index < -0.39 is 17.9 Å². The van der Waals surface area contributed by atoms with Crippen LogP contribution in [-0.2, 0) is 4.79 Å². The van der Waals surface area contributed by atoms with Crippen molar-refractivity contribution in [3.8, 4) is 11.5 Å². The third-order valence-corrected chi connectivity index (χ3v) is 2.95. The van der Waals surface area contributed by atoms with Crippen molar-refractivity contribution in [1.82, 2.24) is 0 Å². The van der Waals surface area contributed by atoms with Gasteiger partial charge in [0.15, 0.2) is 11.5 Å². The fraction of sp³-hybridized carbons (Fsp3) is 0.429. The van der Waals surface area contributed by atoms with E-state index in [-0.39, 0.29) is 17.0 Å². The summed E-state index contributed by atoms with van der Waals surface area (Å²) in [5.74, 6) is -1.03. The standard InChI is InChI=1S/C14H20N2O5/c1-4-5-9(15)13(17)16-10-7-12(21-3)11(20-2)6-8(10)14(18)19/h6-7,9H,4-5,15H2,1-3H3,(H,16,17)(H,18,19)/t9-/m1/s1. The van der Waals surface area contributed by atoms with Gasteiger partial charge in [-0.3, -0.25) is 4.79 Å². The number of carboxylic acids is 1. The van der Waals surface area contributed by atoms with Crippen molar-refractivity contribution < 1.29 is 24.2 Å². The minimum absolute atomic E-state index is 0.0929. The predicted octanol–water partition coefficient (Wildman–Crippen LogP) is 1.47. The molecular formula is C14H20N2O5. The Labute approximate surface area is 123 Å². The maximum absolute atomic E-state index is 11.9. The largest absolute Gasteiger partial charge is 0.493 e. The first-order valence-corrected chi connectivity index (χ1v) is 6.50. The fourth-order valence-electron chi connectivity index (χ4n) is 1.83. The number of ether oxygens (including phenoxy) is 2. The lowest BCUT2D eigenvalue weighted by atomic mass is 10.1. The zero-order valence-corrected chi connectivity index (χ0v) is 12.3. The second kappa shape index (κ2) is 7.49. The first kappa shape index (κ1) is 16.8. The number of nitrogens with two attached hydrogens (primary N) is 1. The van der Waals surface area contributed by atoms with Gasteiger partial charge in [-0.15, -0.1) is 0 Å². The number of rotatable bonds is 7. The van der Waals surface area contributed by atoms with Gasteiger partial charge in [0.05, 0.1) is 31.5 Å². The Morgan fingerprint density at radius 3 is 2.33 bits per heavy atom. The number of amides is 1. The van der Waals surface area contributed by atoms with Crippen molar-refractivity contribution in [3.63, 3.8) is 0 Å². The van der Waals surface area contributed by atoms with E-state index in [2.05, 4.69) is 5.32 Å². The van der Waals surface area contributed by atoms with Crippen LogP contribution in [0.5, 0.6) is 11.5 Å². The van der Waals surface area contributed by atoms with Crippen LogP contribution in [-0.4, -0.2) is 37.2 Å². The SMILES string of the molecule is CCC[C@@H](N)C(=O)Nc1cc(OC)c(OC)cc1C(=O)O. The Bertz CT molecular complexity index is 530. The second-order valence-corrected chi connectivity index (χ2v) is 4.44. The molecule has 1 aromatic rings. The smallest absolute Gasteiger partial charge is 0.337 e. The number of carbonyl (C=O) groups excluding carboxylic acids is 1. The van der Waals surface area contributed by atoms with E-state index in [1.165, 1.54) is 26.4 Å². The lowest BCUT2D eigenvalue weighted by Gasteiger charge is -2.15. The number of anilines is 1. The predicted molar refractivity (Wildman–Crippen MR) is 78.0 cm³/mol. The second-order valence-electron chi connectivity index (χ2n) is 4.44. The van der Waals surface area contributed by atoms with Crippen LogP contribution in [0.2, 0.25) is 0 Å². The van der Waals surface area contributed by atoms with Gasteiger partial charge in [-0.25, -0.2) is 4.79 Å². The summed E-state index contributed by atoms with van der Waals surface area (Å²) in [4.78, 5) is 23.2. The van der Waals surface area contributed by atoms with Crippen LogP contribution < -0.4 is 20.5 Å². The highest BCUT2D eigenvalue weighted by molar-refractivity contribution is 6.02. The summed E-state index contributed by atoms with van der Waals surface area (Å²) in [5, 5.41) is 11.7. The molecule has 0 spiro atoms. The summed E-state index contributed by atoms with van der Waals surface area (Å²) >= 11 is 0. The molecule has 0 aromatic heterocycles. The Morgan fingerprint density at radius 2 is 1.86 bits per heavy atom. The molecule has 1 amide bonds. The van der Waals surface area contributed by atoms with Crippen molar-refractivity contribution in [2.45, 2.75) is 25.8 Å². The van der Waals surface area contributed by atoms with Crippen LogP contribution >= 0.6 is 0 Å². The number of hydrogen-bond donors (Lipinski definition) is 3. The van der Waals surface area contributed by atoms with Crippen LogP contribution in [0.4, 0.5) is 5.69 Å². The molecule has 1 aromatic carbocycles. The Balaban J connectivity index is 3.15.